The largest absolute Gasteiger partial charge is 0.480 e. The van der Waals surface area contributed by atoms with E-state index >= 15 is 0 Å². The van der Waals surface area contributed by atoms with Gasteiger partial charge in [-0.1, -0.05) is 19.8 Å². The first-order valence-corrected chi connectivity index (χ1v) is 6.21. The number of aliphatic carboxylic acids is 1. The summed E-state index contributed by atoms with van der Waals surface area (Å²) in [5.74, 6) is -1.30. The van der Waals surface area contributed by atoms with Crippen molar-refractivity contribution < 1.29 is 14.7 Å². The summed E-state index contributed by atoms with van der Waals surface area (Å²) >= 11 is 0. The Bertz CT molecular complexity index is 482. The highest BCUT2D eigenvalue weighted by atomic mass is 16.4. The van der Waals surface area contributed by atoms with Crippen LogP contribution in [0.15, 0.2) is 0 Å². The molecule has 0 bridgehead atoms. The lowest BCUT2D eigenvalue weighted by Gasteiger charge is -2.14. The number of carbonyl (C=O) groups is 2. The zero-order chi connectivity index (χ0) is 14.6. The van der Waals surface area contributed by atoms with Crippen molar-refractivity contribution in [2.24, 2.45) is 7.05 Å². The number of nitrogen functional groups attached to an aromatic ring is 1. The summed E-state index contributed by atoms with van der Waals surface area (Å²) in [6, 6.07) is -0.897. The number of carbonyl (C=O) groups excluding carboxylic acids is 1. The maximum Gasteiger partial charge on any atom is 0.326 e. The smallest absolute Gasteiger partial charge is 0.326 e. The number of hydrogen-bond donors (Lipinski definition) is 3. The van der Waals surface area contributed by atoms with Crippen molar-refractivity contribution in [3.05, 3.63) is 11.3 Å². The minimum Gasteiger partial charge on any atom is -0.480 e. The number of carboxylic acid groups (broad SMARTS) is 1. The van der Waals surface area contributed by atoms with Gasteiger partial charge in [-0.3, -0.25) is 9.48 Å². The van der Waals surface area contributed by atoms with E-state index in [9.17, 15) is 9.59 Å². The Balaban J connectivity index is 2.85. The highest BCUT2D eigenvalue weighted by Crippen LogP contribution is 2.15. The quantitative estimate of drug-likeness (QED) is 0.702. The molecule has 0 unspecified atom stereocenters. The van der Waals surface area contributed by atoms with E-state index in [4.69, 9.17) is 10.8 Å². The number of nitrogens with zero attached hydrogens (tertiary/aromatic N) is 2. The molecule has 7 heteroatoms. The predicted octanol–water partition coefficient (Wildman–Crippen LogP) is 0.684. The first kappa shape index (κ1) is 15.0. The van der Waals surface area contributed by atoms with Crippen LogP contribution in [0.25, 0.3) is 0 Å². The van der Waals surface area contributed by atoms with Crippen molar-refractivity contribution in [2.45, 2.75) is 39.2 Å². The van der Waals surface area contributed by atoms with Gasteiger partial charge in [0.25, 0.3) is 5.91 Å². The number of aryl methyl sites for hydroxylation is 2. The molecule has 0 fully saturated rings. The maximum absolute atomic E-state index is 12.1. The fraction of sp³-hybridized carbons (Fsp3) is 0.583. The summed E-state index contributed by atoms with van der Waals surface area (Å²) < 4.78 is 1.39. The molecule has 1 amide bonds. The lowest BCUT2D eigenvalue weighted by Crippen LogP contribution is -2.41. The van der Waals surface area contributed by atoms with E-state index in [1.54, 1.807) is 14.0 Å². The molecule has 7 nitrogen and oxygen atoms in total. The third kappa shape index (κ3) is 3.46. The molecule has 0 saturated heterocycles. The average molecular weight is 268 g/mol. The molecular formula is C12H20N4O3. The monoisotopic (exact) mass is 268 g/mol. The van der Waals surface area contributed by atoms with Gasteiger partial charge in [0.2, 0.25) is 0 Å². The lowest BCUT2D eigenvalue weighted by atomic mass is 10.1. The summed E-state index contributed by atoms with van der Waals surface area (Å²) in [4.78, 5) is 23.2. The third-order valence-corrected chi connectivity index (χ3v) is 2.94. The second kappa shape index (κ2) is 6.21. The van der Waals surface area contributed by atoms with E-state index < -0.39 is 17.9 Å². The van der Waals surface area contributed by atoms with E-state index in [0.717, 1.165) is 12.8 Å². The molecule has 1 aromatic rings. The molecule has 1 atom stereocenters. The number of hydrogen-bond acceptors (Lipinski definition) is 4. The number of rotatable bonds is 6. The van der Waals surface area contributed by atoms with Gasteiger partial charge in [-0.25, -0.2) is 4.79 Å². The predicted molar refractivity (Wildman–Crippen MR) is 70.8 cm³/mol. The van der Waals surface area contributed by atoms with Crippen LogP contribution in [0.1, 0.15) is 42.2 Å². The molecular weight excluding hydrogens is 248 g/mol. The molecule has 1 rings (SSSR count). The fourth-order valence-electron chi connectivity index (χ4n) is 1.85. The van der Waals surface area contributed by atoms with Crippen molar-refractivity contribution >= 4 is 17.7 Å². The fourth-order valence-corrected chi connectivity index (χ4v) is 1.85. The number of amides is 1. The molecule has 0 aliphatic rings. The summed E-state index contributed by atoms with van der Waals surface area (Å²) in [6.07, 6.45) is 2.00. The third-order valence-electron chi connectivity index (χ3n) is 2.94. The van der Waals surface area contributed by atoms with Gasteiger partial charge in [0, 0.05) is 7.05 Å². The number of anilines is 1. The highest BCUT2D eigenvalue weighted by molar-refractivity contribution is 6.01. The second-order valence-corrected chi connectivity index (χ2v) is 4.48. The molecule has 0 aromatic carbocycles. The van der Waals surface area contributed by atoms with Crippen LogP contribution in [0.3, 0.4) is 0 Å². The molecule has 19 heavy (non-hydrogen) atoms. The molecule has 0 saturated carbocycles. The Hall–Kier alpha value is -2.05. The number of carboxylic acids is 1. The first-order chi connectivity index (χ1) is 8.88. The van der Waals surface area contributed by atoms with Gasteiger partial charge in [-0.2, -0.15) is 5.10 Å². The van der Waals surface area contributed by atoms with Gasteiger partial charge < -0.3 is 16.2 Å². The van der Waals surface area contributed by atoms with Crippen molar-refractivity contribution in [3.8, 4) is 0 Å². The topological polar surface area (TPSA) is 110 Å². The summed E-state index contributed by atoms with van der Waals surface area (Å²) in [5, 5.41) is 15.6. The Kier molecular flexibility index (Phi) is 4.91. The number of nitrogens with two attached hydrogens (primary N) is 1. The van der Waals surface area contributed by atoms with Crippen molar-refractivity contribution in [3.63, 3.8) is 0 Å². The van der Waals surface area contributed by atoms with Crippen LogP contribution in [0.4, 0.5) is 5.82 Å². The van der Waals surface area contributed by atoms with Gasteiger partial charge in [-0.15, -0.1) is 0 Å². The Morgan fingerprint density at radius 1 is 1.53 bits per heavy atom. The summed E-state index contributed by atoms with van der Waals surface area (Å²) in [6.45, 7) is 3.62. The van der Waals surface area contributed by atoms with E-state index in [0.29, 0.717) is 12.1 Å². The van der Waals surface area contributed by atoms with Crippen LogP contribution in [0.2, 0.25) is 0 Å². The first-order valence-electron chi connectivity index (χ1n) is 6.21. The molecule has 0 spiro atoms. The van der Waals surface area contributed by atoms with Crippen LogP contribution in [-0.2, 0) is 11.8 Å². The van der Waals surface area contributed by atoms with E-state index in [2.05, 4.69) is 10.4 Å². The van der Waals surface area contributed by atoms with E-state index in [1.165, 1.54) is 4.68 Å². The van der Waals surface area contributed by atoms with Gasteiger partial charge in [-0.05, 0) is 13.3 Å². The van der Waals surface area contributed by atoms with Crippen LogP contribution in [-0.4, -0.2) is 32.8 Å². The highest BCUT2D eigenvalue weighted by Gasteiger charge is 2.24. The van der Waals surface area contributed by atoms with E-state index in [-0.39, 0.29) is 11.4 Å². The number of unbranched alkanes of at least 4 members (excludes halogenated alkanes) is 1. The van der Waals surface area contributed by atoms with Crippen LogP contribution in [0.5, 0.6) is 0 Å². The molecule has 0 radical (unpaired) electrons. The Labute approximate surface area is 111 Å². The second-order valence-electron chi connectivity index (χ2n) is 4.48. The Morgan fingerprint density at radius 3 is 2.58 bits per heavy atom. The Morgan fingerprint density at radius 2 is 2.16 bits per heavy atom. The molecule has 0 aliphatic carbocycles. The minimum atomic E-state index is -1.04. The standard InChI is InChI=1S/C12H20N4O3/c1-4-5-6-8(12(18)19)14-11(17)9-7(2)15-16(3)10(9)13/h8H,4-6,13H2,1-3H3,(H,14,17)(H,18,19)/t8-/m0/s1. The summed E-state index contributed by atoms with van der Waals surface area (Å²) in [7, 11) is 1.63. The molecule has 1 aromatic heterocycles. The maximum atomic E-state index is 12.1. The van der Waals surface area contributed by atoms with Gasteiger partial charge in [0.05, 0.1) is 5.69 Å². The van der Waals surface area contributed by atoms with Gasteiger partial charge in [0.1, 0.15) is 17.4 Å². The normalized spacial score (nSPS) is 12.2. The van der Waals surface area contributed by atoms with Crippen molar-refractivity contribution in [1.29, 1.82) is 0 Å². The van der Waals surface area contributed by atoms with Crippen molar-refractivity contribution in [1.82, 2.24) is 15.1 Å². The van der Waals surface area contributed by atoms with E-state index in [1.807, 2.05) is 6.92 Å². The van der Waals surface area contributed by atoms with Gasteiger partial charge in [0.15, 0.2) is 0 Å². The summed E-state index contributed by atoms with van der Waals surface area (Å²) in [5.41, 5.74) is 6.47. The molecule has 106 valence electrons. The number of aromatic nitrogens is 2. The molecule has 1 heterocycles. The zero-order valence-corrected chi connectivity index (χ0v) is 11.4. The molecule has 0 aliphatic heterocycles. The van der Waals surface area contributed by atoms with Crippen LogP contribution < -0.4 is 11.1 Å². The average Bonchev–Trinajstić information content (AvgIpc) is 2.58. The zero-order valence-electron chi connectivity index (χ0n) is 11.4. The van der Waals surface area contributed by atoms with Gasteiger partial charge >= 0.3 is 5.97 Å². The molecule has 4 N–H and O–H groups in total. The van der Waals surface area contributed by atoms with Crippen LogP contribution in [0, 0.1) is 6.92 Å². The SMILES string of the molecule is CCCC[C@H](NC(=O)c1c(C)nn(C)c1N)C(=O)O. The van der Waals surface area contributed by atoms with Crippen LogP contribution >= 0.6 is 0 Å². The lowest BCUT2D eigenvalue weighted by molar-refractivity contribution is -0.139. The minimum absolute atomic E-state index is 0.231. The number of nitrogens with one attached hydrogen (secondary N) is 1. The van der Waals surface area contributed by atoms with Crippen molar-refractivity contribution in [2.75, 3.05) is 5.73 Å².